The van der Waals surface area contributed by atoms with Gasteiger partial charge >= 0.3 is 24.1 Å². The van der Waals surface area contributed by atoms with E-state index in [-0.39, 0.29) is 22.5 Å². The highest BCUT2D eigenvalue weighted by atomic mass is 19.4. The molecule has 0 saturated heterocycles. The molecule has 1 aliphatic heterocycles. The summed E-state index contributed by atoms with van der Waals surface area (Å²) < 4.78 is 55.3. The van der Waals surface area contributed by atoms with Crippen molar-refractivity contribution in [1.82, 2.24) is 0 Å². The number of hydrogen-bond acceptors (Lipinski definition) is 8. The van der Waals surface area contributed by atoms with Crippen molar-refractivity contribution in [2.75, 3.05) is 19.1 Å². The molecule has 0 fully saturated rings. The topological polar surface area (TPSA) is 130 Å². The van der Waals surface area contributed by atoms with Crippen LogP contribution in [0.2, 0.25) is 0 Å². The summed E-state index contributed by atoms with van der Waals surface area (Å²) in [5.74, 6) is -6.01. The first-order chi connectivity index (χ1) is 18.3. The molecule has 9 nitrogen and oxygen atoms in total. The van der Waals surface area contributed by atoms with E-state index in [0.717, 1.165) is 37.3 Å². The lowest BCUT2D eigenvalue weighted by Crippen LogP contribution is -2.48. The molecule has 0 spiro atoms. The zero-order chi connectivity index (χ0) is 29.1. The van der Waals surface area contributed by atoms with E-state index in [4.69, 9.17) is 14.9 Å². The third-order valence-electron chi connectivity index (χ3n) is 6.23. The summed E-state index contributed by atoms with van der Waals surface area (Å²) in [4.78, 5) is 39.6. The smallest absolute Gasteiger partial charge is 0.416 e. The van der Waals surface area contributed by atoms with Gasteiger partial charge in [0.1, 0.15) is 11.8 Å². The Morgan fingerprint density at radius 2 is 1.72 bits per heavy atom. The van der Waals surface area contributed by atoms with E-state index in [1.807, 2.05) is 6.07 Å². The molecule has 12 heteroatoms. The first kappa shape index (κ1) is 28.9. The van der Waals surface area contributed by atoms with E-state index >= 15 is 0 Å². The monoisotopic (exact) mass is 543 g/mol. The van der Waals surface area contributed by atoms with Gasteiger partial charge in [0.15, 0.2) is 6.10 Å². The van der Waals surface area contributed by atoms with Crippen molar-refractivity contribution in [3.63, 3.8) is 0 Å². The van der Waals surface area contributed by atoms with Crippen LogP contribution in [0.15, 0.2) is 59.8 Å². The predicted octanol–water partition coefficient (Wildman–Crippen LogP) is 4.33. The molecular formula is C27H24F3N3O6. The third kappa shape index (κ3) is 5.77. The number of methoxy groups -OCH3 is 2. The van der Waals surface area contributed by atoms with Gasteiger partial charge in [0.05, 0.1) is 37.0 Å². The largest absolute Gasteiger partial charge is 0.468 e. The number of alkyl halides is 3. The summed E-state index contributed by atoms with van der Waals surface area (Å²) in [6.45, 7) is 2.65. The van der Waals surface area contributed by atoms with Crippen LogP contribution in [-0.4, -0.2) is 44.1 Å². The van der Waals surface area contributed by atoms with Crippen LogP contribution < -0.4 is 4.90 Å². The van der Waals surface area contributed by atoms with Gasteiger partial charge in [0.25, 0.3) is 0 Å². The maximum absolute atomic E-state index is 13.5. The van der Waals surface area contributed by atoms with Crippen LogP contribution in [-0.2, 0) is 34.8 Å². The molecule has 0 aliphatic carbocycles. The van der Waals surface area contributed by atoms with Crippen molar-refractivity contribution in [2.45, 2.75) is 32.0 Å². The van der Waals surface area contributed by atoms with Gasteiger partial charge in [-0.05, 0) is 49.7 Å². The SMILES string of the molecule is COC(=O)C1C(=N)N(c2cccc(C(F)(F)F)c2)C(C)=C(C(=O)O[C@@H](C)C(=O)OC)C1c1ccc(C#N)cc1. The molecule has 0 saturated carbocycles. The Bertz CT molecular complexity index is 1380. The summed E-state index contributed by atoms with van der Waals surface area (Å²) in [6.07, 6.45) is -6.06. The highest BCUT2D eigenvalue weighted by Crippen LogP contribution is 2.44. The second kappa shape index (κ2) is 11.4. The Morgan fingerprint density at radius 3 is 2.26 bits per heavy atom. The fourth-order valence-corrected chi connectivity index (χ4v) is 4.36. The fourth-order valence-electron chi connectivity index (χ4n) is 4.36. The van der Waals surface area contributed by atoms with Crippen molar-refractivity contribution >= 4 is 29.4 Å². The number of benzene rings is 2. The molecule has 0 bridgehead atoms. The van der Waals surface area contributed by atoms with Crippen molar-refractivity contribution in [2.24, 2.45) is 5.92 Å². The Balaban J connectivity index is 2.31. The number of nitriles is 1. The van der Waals surface area contributed by atoms with Gasteiger partial charge < -0.3 is 19.1 Å². The number of amidine groups is 1. The Hall–Kier alpha value is -4.66. The average Bonchev–Trinajstić information content (AvgIpc) is 2.91. The average molecular weight is 543 g/mol. The van der Waals surface area contributed by atoms with E-state index in [2.05, 4.69) is 4.74 Å². The Morgan fingerprint density at radius 1 is 1.08 bits per heavy atom. The number of esters is 3. The van der Waals surface area contributed by atoms with Crippen molar-refractivity contribution in [3.8, 4) is 6.07 Å². The van der Waals surface area contributed by atoms with Gasteiger partial charge in [0, 0.05) is 17.3 Å². The molecule has 39 heavy (non-hydrogen) atoms. The summed E-state index contributed by atoms with van der Waals surface area (Å²) in [5, 5.41) is 18.1. The fraction of sp³-hybridized carbons (Fsp3) is 0.296. The number of carbonyl (C=O) groups is 3. The number of halogens is 3. The second-order valence-electron chi connectivity index (χ2n) is 8.55. The lowest BCUT2D eigenvalue weighted by atomic mass is 9.75. The van der Waals surface area contributed by atoms with Crippen LogP contribution in [0.5, 0.6) is 0 Å². The van der Waals surface area contributed by atoms with Gasteiger partial charge in [-0.15, -0.1) is 0 Å². The second-order valence-corrected chi connectivity index (χ2v) is 8.55. The molecule has 0 aromatic heterocycles. The maximum atomic E-state index is 13.5. The van der Waals surface area contributed by atoms with E-state index in [9.17, 15) is 32.8 Å². The van der Waals surface area contributed by atoms with Crippen LogP contribution in [0, 0.1) is 22.7 Å². The van der Waals surface area contributed by atoms with Gasteiger partial charge in [-0.3, -0.25) is 10.2 Å². The highest BCUT2D eigenvalue weighted by molar-refractivity contribution is 6.14. The Labute approximate surface area is 221 Å². The van der Waals surface area contributed by atoms with E-state index in [1.165, 1.54) is 44.2 Å². The normalized spacial score (nSPS) is 18.2. The number of nitrogens with zero attached hydrogens (tertiary/aromatic N) is 2. The highest BCUT2D eigenvalue weighted by Gasteiger charge is 2.48. The van der Waals surface area contributed by atoms with Crippen LogP contribution in [0.4, 0.5) is 18.9 Å². The number of nitrogens with one attached hydrogen (secondary N) is 1. The molecule has 1 heterocycles. The molecule has 0 amide bonds. The predicted molar refractivity (Wildman–Crippen MR) is 131 cm³/mol. The number of ether oxygens (including phenoxy) is 3. The summed E-state index contributed by atoms with van der Waals surface area (Å²) in [5.41, 5.74) is -0.724. The van der Waals surface area contributed by atoms with Crippen LogP contribution >= 0.6 is 0 Å². The molecule has 0 radical (unpaired) electrons. The van der Waals surface area contributed by atoms with E-state index in [0.29, 0.717) is 5.56 Å². The zero-order valence-corrected chi connectivity index (χ0v) is 21.3. The van der Waals surface area contributed by atoms with Gasteiger partial charge in [-0.2, -0.15) is 18.4 Å². The van der Waals surface area contributed by atoms with Crippen LogP contribution in [0.25, 0.3) is 0 Å². The molecule has 1 aliphatic rings. The van der Waals surface area contributed by atoms with Crippen molar-refractivity contribution in [1.29, 1.82) is 10.7 Å². The molecule has 2 unspecified atom stereocenters. The zero-order valence-electron chi connectivity index (χ0n) is 21.3. The minimum atomic E-state index is -4.70. The minimum absolute atomic E-state index is 0.00379. The maximum Gasteiger partial charge on any atom is 0.416 e. The summed E-state index contributed by atoms with van der Waals surface area (Å²) in [6, 6.07) is 11.9. The molecule has 3 atom stereocenters. The molecule has 2 aromatic carbocycles. The van der Waals surface area contributed by atoms with Gasteiger partial charge in [-0.1, -0.05) is 18.2 Å². The van der Waals surface area contributed by atoms with Crippen LogP contribution in [0.3, 0.4) is 0 Å². The van der Waals surface area contributed by atoms with E-state index < -0.39 is 53.4 Å². The van der Waals surface area contributed by atoms with E-state index in [1.54, 1.807) is 0 Å². The Kier molecular flexibility index (Phi) is 8.44. The number of carbonyl (C=O) groups excluding carboxylic acids is 3. The minimum Gasteiger partial charge on any atom is -0.468 e. The standard InChI is InChI=1S/C27H24F3N3O6/c1-14-20(26(36)39-15(2)24(34)37-3)21(17-10-8-16(13-31)9-11-17)22(25(35)38-4)23(32)33(14)19-7-5-6-18(12-19)27(28,29)30/h5-12,15,21-22,32H,1-4H3/t15-,21?,22?/m0/s1. The lowest BCUT2D eigenvalue weighted by Gasteiger charge is -2.40. The third-order valence-corrected chi connectivity index (χ3v) is 6.23. The van der Waals surface area contributed by atoms with Gasteiger partial charge in [0.2, 0.25) is 0 Å². The lowest BCUT2D eigenvalue weighted by molar-refractivity contribution is -0.162. The number of rotatable bonds is 6. The summed E-state index contributed by atoms with van der Waals surface area (Å²) in [7, 11) is 2.17. The molecular weight excluding hydrogens is 519 g/mol. The number of hydrogen-bond donors (Lipinski definition) is 1. The summed E-state index contributed by atoms with van der Waals surface area (Å²) >= 11 is 0. The number of allylic oxidation sites excluding steroid dienone is 1. The molecule has 204 valence electrons. The molecule has 2 aromatic rings. The van der Waals surface area contributed by atoms with Crippen molar-refractivity contribution in [3.05, 3.63) is 76.5 Å². The number of anilines is 1. The van der Waals surface area contributed by atoms with Crippen LogP contribution in [0.1, 0.15) is 36.5 Å². The molecule has 1 N–H and O–H groups in total. The molecule has 3 rings (SSSR count). The van der Waals surface area contributed by atoms with Crippen molar-refractivity contribution < 1.29 is 41.8 Å². The first-order valence-electron chi connectivity index (χ1n) is 11.5. The first-order valence-corrected chi connectivity index (χ1v) is 11.5. The van der Waals surface area contributed by atoms with Gasteiger partial charge in [-0.25, -0.2) is 9.59 Å². The quantitative estimate of drug-likeness (QED) is 0.421.